The summed E-state index contributed by atoms with van der Waals surface area (Å²) in [6.07, 6.45) is 3.45. The summed E-state index contributed by atoms with van der Waals surface area (Å²) in [6.45, 7) is 12.1. The van der Waals surface area contributed by atoms with Gasteiger partial charge in [-0.05, 0) is 37.0 Å². The molecule has 7 nitrogen and oxygen atoms in total. The van der Waals surface area contributed by atoms with E-state index in [2.05, 4.69) is 29.0 Å². The topological polar surface area (TPSA) is 70.5 Å². The number of piperazine rings is 1. The lowest BCUT2D eigenvalue weighted by Crippen LogP contribution is -2.50. The van der Waals surface area contributed by atoms with Gasteiger partial charge < -0.3 is 14.8 Å². The zero-order valence-corrected chi connectivity index (χ0v) is 17.8. The molecule has 156 valence electrons. The molecule has 0 radical (unpaired) electrons. The first kappa shape index (κ1) is 21.0. The first-order chi connectivity index (χ1) is 13.8. The Morgan fingerprint density at radius 2 is 1.90 bits per heavy atom. The van der Waals surface area contributed by atoms with Crippen molar-refractivity contribution in [2.75, 3.05) is 42.9 Å². The third kappa shape index (κ3) is 5.23. The van der Waals surface area contributed by atoms with Crippen LogP contribution in [0.2, 0.25) is 0 Å². The van der Waals surface area contributed by atoms with Crippen LogP contribution in [0.3, 0.4) is 0 Å². The Hall–Kier alpha value is -2.67. The maximum absolute atomic E-state index is 12.7. The van der Waals surface area contributed by atoms with E-state index in [0.29, 0.717) is 37.9 Å². The Morgan fingerprint density at radius 3 is 2.59 bits per heavy atom. The molecule has 0 spiro atoms. The summed E-state index contributed by atoms with van der Waals surface area (Å²) in [5, 5.41) is 3.02. The number of amides is 1. The molecule has 1 aliphatic heterocycles. The number of hydrogen-bond donors (Lipinski definition) is 1. The summed E-state index contributed by atoms with van der Waals surface area (Å²) in [7, 11) is 0. The van der Waals surface area contributed by atoms with Gasteiger partial charge >= 0.3 is 0 Å². The third-order valence-electron chi connectivity index (χ3n) is 5.38. The van der Waals surface area contributed by atoms with E-state index in [0.717, 1.165) is 29.9 Å². The van der Waals surface area contributed by atoms with Crippen molar-refractivity contribution in [2.45, 2.75) is 34.2 Å². The van der Waals surface area contributed by atoms with Crippen molar-refractivity contribution in [3.63, 3.8) is 0 Å². The molecule has 2 heterocycles. The summed E-state index contributed by atoms with van der Waals surface area (Å²) in [6, 6.07) is 5.92. The highest BCUT2D eigenvalue weighted by molar-refractivity contribution is 5.93. The largest absolute Gasteiger partial charge is 0.349 e. The van der Waals surface area contributed by atoms with Crippen LogP contribution in [0.15, 0.2) is 35.4 Å². The Kier molecular flexibility index (Phi) is 6.69. The van der Waals surface area contributed by atoms with Gasteiger partial charge in [-0.2, -0.15) is 0 Å². The highest BCUT2D eigenvalue weighted by Gasteiger charge is 2.22. The number of aromatic nitrogens is 2. The van der Waals surface area contributed by atoms with Crippen molar-refractivity contribution in [1.82, 2.24) is 14.5 Å². The van der Waals surface area contributed by atoms with Gasteiger partial charge in [0.15, 0.2) is 5.82 Å². The Bertz CT molecular complexity index is 914. The minimum atomic E-state index is -0.0395. The highest BCUT2D eigenvalue weighted by atomic mass is 16.2. The van der Waals surface area contributed by atoms with Crippen LogP contribution >= 0.6 is 0 Å². The van der Waals surface area contributed by atoms with E-state index in [-0.39, 0.29) is 11.5 Å². The van der Waals surface area contributed by atoms with E-state index >= 15 is 0 Å². The molecule has 7 heteroatoms. The zero-order chi connectivity index (χ0) is 21.0. The predicted octanol–water partition coefficient (Wildman–Crippen LogP) is 2.28. The lowest BCUT2D eigenvalue weighted by Gasteiger charge is -2.34. The highest BCUT2D eigenvalue weighted by Crippen LogP contribution is 2.18. The summed E-state index contributed by atoms with van der Waals surface area (Å²) >= 11 is 0. The molecule has 0 atom stereocenters. The van der Waals surface area contributed by atoms with Crippen LogP contribution in [-0.2, 0) is 11.3 Å². The number of carbonyl (C=O) groups excluding carboxylic acids is 1. The fraction of sp³-hybridized carbons (Fsp3) is 0.500. The number of carbonyl (C=O) groups is 1. The second kappa shape index (κ2) is 9.22. The molecule has 1 aromatic heterocycles. The molecule has 1 saturated heterocycles. The lowest BCUT2D eigenvalue weighted by molar-refractivity contribution is -0.117. The predicted molar refractivity (Wildman–Crippen MR) is 117 cm³/mol. The lowest BCUT2D eigenvalue weighted by atomic mass is 10.1. The van der Waals surface area contributed by atoms with Crippen molar-refractivity contribution < 1.29 is 4.79 Å². The van der Waals surface area contributed by atoms with Gasteiger partial charge in [-0.15, -0.1) is 0 Å². The van der Waals surface area contributed by atoms with Crippen molar-refractivity contribution >= 4 is 17.4 Å². The first-order valence-electron chi connectivity index (χ1n) is 10.2. The Labute approximate surface area is 172 Å². The molecular formula is C22H31N5O2. The summed E-state index contributed by atoms with van der Waals surface area (Å²) in [4.78, 5) is 33.6. The van der Waals surface area contributed by atoms with E-state index in [4.69, 9.17) is 0 Å². The van der Waals surface area contributed by atoms with Crippen LogP contribution < -0.4 is 15.8 Å². The molecule has 3 rings (SSSR count). The van der Waals surface area contributed by atoms with E-state index in [1.807, 2.05) is 36.9 Å². The number of rotatable bonds is 6. The van der Waals surface area contributed by atoms with Crippen LogP contribution in [0.4, 0.5) is 11.5 Å². The smallest absolute Gasteiger partial charge is 0.293 e. The van der Waals surface area contributed by atoms with Gasteiger partial charge in [0.2, 0.25) is 5.91 Å². The molecule has 0 saturated carbocycles. The molecule has 1 aromatic carbocycles. The summed E-state index contributed by atoms with van der Waals surface area (Å²) < 4.78 is 1.73. The molecule has 1 fully saturated rings. The maximum atomic E-state index is 12.7. The second-order valence-corrected chi connectivity index (χ2v) is 8.16. The van der Waals surface area contributed by atoms with Crippen LogP contribution in [0.5, 0.6) is 0 Å². The Balaban J connectivity index is 1.56. The molecule has 0 aliphatic carbocycles. The van der Waals surface area contributed by atoms with Crippen LogP contribution in [0.25, 0.3) is 0 Å². The van der Waals surface area contributed by atoms with Gasteiger partial charge in [-0.3, -0.25) is 14.5 Å². The van der Waals surface area contributed by atoms with Gasteiger partial charge in [-0.1, -0.05) is 26.0 Å². The third-order valence-corrected chi connectivity index (χ3v) is 5.38. The normalized spacial score (nSPS) is 15.0. The standard InChI is InChI=1S/C22H31N5O2/c1-16(2)14-27-9-8-23-21(22(27)29)26-12-10-25(11-13-26)15-20(28)24-19-7-5-6-17(3)18(19)4/h5-9,16H,10-15H2,1-4H3,(H,24,28). The number of nitrogens with one attached hydrogen (secondary N) is 1. The minimum Gasteiger partial charge on any atom is -0.349 e. The van der Waals surface area contributed by atoms with E-state index in [1.165, 1.54) is 0 Å². The number of nitrogens with zero attached hydrogens (tertiary/aromatic N) is 4. The first-order valence-corrected chi connectivity index (χ1v) is 10.2. The number of anilines is 2. The number of aryl methyl sites for hydroxylation is 1. The second-order valence-electron chi connectivity index (χ2n) is 8.16. The summed E-state index contributed by atoms with van der Waals surface area (Å²) in [5.41, 5.74) is 3.09. The van der Waals surface area contributed by atoms with Crippen LogP contribution in [-0.4, -0.2) is 53.1 Å². The fourth-order valence-electron chi connectivity index (χ4n) is 3.59. The molecule has 2 aromatic rings. The average molecular weight is 398 g/mol. The number of benzene rings is 1. The fourth-order valence-corrected chi connectivity index (χ4v) is 3.59. The zero-order valence-electron chi connectivity index (χ0n) is 17.8. The van der Waals surface area contributed by atoms with Crippen molar-refractivity contribution in [3.05, 3.63) is 52.1 Å². The van der Waals surface area contributed by atoms with Gasteiger partial charge in [0.05, 0.1) is 6.54 Å². The molecule has 29 heavy (non-hydrogen) atoms. The van der Waals surface area contributed by atoms with E-state index < -0.39 is 0 Å². The van der Waals surface area contributed by atoms with Crippen LogP contribution in [0.1, 0.15) is 25.0 Å². The molecule has 1 aliphatic rings. The van der Waals surface area contributed by atoms with E-state index in [9.17, 15) is 9.59 Å². The van der Waals surface area contributed by atoms with Crippen molar-refractivity contribution in [1.29, 1.82) is 0 Å². The summed E-state index contributed by atoms with van der Waals surface area (Å²) in [5.74, 6) is 0.896. The number of hydrogen-bond acceptors (Lipinski definition) is 5. The molecule has 1 N–H and O–H groups in total. The van der Waals surface area contributed by atoms with Gasteiger partial charge in [0.1, 0.15) is 0 Å². The quantitative estimate of drug-likeness (QED) is 0.810. The van der Waals surface area contributed by atoms with Crippen LogP contribution in [0, 0.1) is 19.8 Å². The molecule has 0 unspecified atom stereocenters. The maximum Gasteiger partial charge on any atom is 0.293 e. The van der Waals surface area contributed by atoms with Gasteiger partial charge in [0.25, 0.3) is 5.56 Å². The Morgan fingerprint density at radius 1 is 1.17 bits per heavy atom. The average Bonchev–Trinajstić information content (AvgIpc) is 2.67. The molecule has 1 amide bonds. The van der Waals surface area contributed by atoms with E-state index in [1.54, 1.807) is 17.0 Å². The van der Waals surface area contributed by atoms with Gasteiger partial charge in [0, 0.05) is 50.8 Å². The minimum absolute atomic E-state index is 0.00993. The van der Waals surface area contributed by atoms with Gasteiger partial charge in [-0.25, -0.2) is 4.98 Å². The monoisotopic (exact) mass is 397 g/mol. The molecular weight excluding hydrogens is 366 g/mol. The molecule has 0 bridgehead atoms. The van der Waals surface area contributed by atoms with Crippen molar-refractivity contribution in [2.24, 2.45) is 5.92 Å². The SMILES string of the molecule is Cc1cccc(NC(=O)CN2CCN(c3nccn(CC(C)C)c3=O)CC2)c1C. The van der Waals surface area contributed by atoms with Crippen molar-refractivity contribution in [3.8, 4) is 0 Å².